The molecule has 0 aliphatic heterocycles. The standard InChI is InChI=1S/C13H18BrNO2S/c1-17-8-10(7-14)15-13(16)12-6-9-4-2-3-5-11(9)18-12/h6,10H,2-5,7-8H2,1H3,(H,15,16). The highest BCUT2D eigenvalue weighted by atomic mass is 79.9. The number of thiophene rings is 1. The van der Waals surface area contributed by atoms with Crippen molar-refractivity contribution in [3.63, 3.8) is 0 Å². The van der Waals surface area contributed by atoms with Crippen molar-refractivity contribution in [2.75, 3.05) is 19.0 Å². The Morgan fingerprint density at radius 1 is 1.56 bits per heavy atom. The molecule has 2 rings (SSSR count). The summed E-state index contributed by atoms with van der Waals surface area (Å²) in [5.41, 5.74) is 1.37. The summed E-state index contributed by atoms with van der Waals surface area (Å²) in [6.07, 6.45) is 4.76. The van der Waals surface area contributed by atoms with E-state index >= 15 is 0 Å². The van der Waals surface area contributed by atoms with Crippen LogP contribution >= 0.6 is 27.3 Å². The quantitative estimate of drug-likeness (QED) is 0.842. The number of fused-ring (bicyclic) bond motifs is 1. The van der Waals surface area contributed by atoms with Gasteiger partial charge >= 0.3 is 0 Å². The zero-order valence-corrected chi connectivity index (χ0v) is 12.9. The summed E-state index contributed by atoms with van der Waals surface area (Å²) in [5, 5.41) is 3.70. The lowest BCUT2D eigenvalue weighted by Crippen LogP contribution is -2.38. The van der Waals surface area contributed by atoms with E-state index in [4.69, 9.17) is 4.74 Å². The molecule has 1 unspecified atom stereocenters. The minimum absolute atomic E-state index is 0.0240. The molecule has 1 aliphatic carbocycles. The van der Waals surface area contributed by atoms with E-state index in [-0.39, 0.29) is 11.9 Å². The second kappa shape index (κ2) is 6.68. The number of aryl methyl sites for hydroxylation is 2. The normalized spacial score (nSPS) is 16.1. The minimum Gasteiger partial charge on any atom is -0.383 e. The van der Waals surface area contributed by atoms with Gasteiger partial charge in [0.05, 0.1) is 17.5 Å². The number of rotatable bonds is 5. The number of hydrogen-bond donors (Lipinski definition) is 1. The van der Waals surface area contributed by atoms with Crippen LogP contribution in [0.5, 0.6) is 0 Å². The van der Waals surface area contributed by atoms with Crippen molar-refractivity contribution >= 4 is 33.2 Å². The molecule has 1 aromatic rings. The first-order chi connectivity index (χ1) is 8.74. The Morgan fingerprint density at radius 2 is 2.33 bits per heavy atom. The fraction of sp³-hybridized carbons (Fsp3) is 0.615. The van der Waals surface area contributed by atoms with Gasteiger partial charge in [-0.3, -0.25) is 4.79 Å². The molecular formula is C13H18BrNO2S. The maximum Gasteiger partial charge on any atom is 0.261 e. The summed E-state index contributed by atoms with van der Waals surface area (Å²) in [4.78, 5) is 14.4. The SMILES string of the molecule is COCC(CBr)NC(=O)c1cc2c(s1)CCCC2. The van der Waals surface area contributed by atoms with Crippen LogP contribution in [-0.4, -0.2) is 31.0 Å². The molecule has 1 aliphatic rings. The fourth-order valence-corrected chi connectivity index (χ4v) is 3.69. The third kappa shape index (κ3) is 3.33. The van der Waals surface area contributed by atoms with Crippen molar-refractivity contribution < 1.29 is 9.53 Å². The van der Waals surface area contributed by atoms with Gasteiger partial charge in [0, 0.05) is 17.3 Å². The van der Waals surface area contributed by atoms with Gasteiger partial charge in [0.2, 0.25) is 0 Å². The van der Waals surface area contributed by atoms with Gasteiger partial charge in [-0.1, -0.05) is 15.9 Å². The highest BCUT2D eigenvalue weighted by molar-refractivity contribution is 9.09. The van der Waals surface area contributed by atoms with Crippen LogP contribution in [0.2, 0.25) is 0 Å². The lowest BCUT2D eigenvalue weighted by Gasteiger charge is -2.14. The van der Waals surface area contributed by atoms with Crippen LogP contribution in [0.3, 0.4) is 0 Å². The summed E-state index contributed by atoms with van der Waals surface area (Å²) in [5.74, 6) is 0.0240. The van der Waals surface area contributed by atoms with Crippen LogP contribution in [-0.2, 0) is 17.6 Å². The van der Waals surface area contributed by atoms with Crippen LogP contribution in [0.4, 0.5) is 0 Å². The fourth-order valence-electron chi connectivity index (χ4n) is 2.19. The van der Waals surface area contributed by atoms with Crippen LogP contribution in [0.25, 0.3) is 0 Å². The molecule has 0 saturated carbocycles. The first-order valence-electron chi connectivity index (χ1n) is 6.22. The second-order valence-electron chi connectivity index (χ2n) is 4.55. The van der Waals surface area contributed by atoms with Crippen LogP contribution in [0, 0.1) is 0 Å². The Morgan fingerprint density at radius 3 is 3.00 bits per heavy atom. The highest BCUT2D eigenvalue weighted by Crippen LogP contribution is 2.29. The van der Waals surface area contributed by atoms with Crippen LogP contribution < -0.4 is 5.32 Å². The van der Waals surface area contributed by atoms with Crippen molar-refractivity contribution in [2.45, 2.75) is 31.7 Å². The number of carbonyl (C=O) groups is 1. The number of ether oxygens (including phenoxy) is 1. The number of carbonyl (C=O) groups excluding carboxylic acids is 1. The lowest BCUT2D eigenvalue weighted by molar-refractivity contribution is 0.0912. The predicted octanol–water partition coefficient (Wildman–Crippen LogP) is 2.77. The number of alkyl halides is 1. The molecule has 0 spiro atoms. The summed E-state index contributed by atoms with van der Waals surface area (Å²) in [6.45, 7) is 0.530. The smallest absolute Gasteiger partial charge is 0.261 e. The van der Waals surface area contributed by atoms with E-state index < -0.39 is 0 Å². The van der Waals surface area contributed by atoms with Gasteiger partial charge in [0.15, 0.2) is 0 Å². The van der Waals surface area contributed by atoms with Crippen LogP contribution in [0.1, 0.15) is 33.0 Å². The lowest BCUT2D eigenvalue weighted by atomic mass is 9.99. The Balaban J connectivity index is 2.02. The number of nitrogens with one attached hydrogen (secondary N) is 1. The molecule has 1 atom stereocenters. The summed E-state index contributed by atoms with van der Waals surface area (Å²) >= 11 is 5.03. The monoisotopic (exact) mass is 331 g/mol. The molecule has 1 aromatic heterocycles. The van der Waals surface area contributed by atoms with Gasteiger partial charge in [0.25, 0.3) is 5.91 Å². The van der Waals surface area contributed by atoms with Crippen molar-refractivity contribution in [2.24, 2.45) is 0 Å². The zero-order valence-electron chi connectivity index (χ0n) is 10.5. The second-order valence-corrected chi connectivity index (χ2v) is 6.33. The Hall–Kier alpha value is -0.390. The van der Waals surface area contributed by atoms with E-state index in [1.54, 1.807) is 18.4 Å². The Kier molecular flexibility index (Phi) is 5.21. The number of halogens is 1. The third-order valence-corrected chi connectivity index (χ3v) is 5.13. The minimum atomic E-state index is 0.0240. The van der Waals surface area contributed by atoms with E-state index in [0.29, 0.717) is 11.9 Å². The molecule has 0 aromatic carbocycles. The van der Waals surface area contributed by atoms with Gasteiger partial charge in [-0.15, -0.1) is 11.3 Å². The summed E-state index contributed by atoms with van der Waals surface area (Å²) in [7, 11) is 1.64. The topological polar surface area (TPSA) is 38.3 Å². The molecule has 1 amide bonds. The van der Waals surface area contributed by atoms with E-state index in [9.17, 15) is 4.79 Å². The summed E-state index contributed by atoms with van der Waals surface area (Å²) in [6, 6.07) is 2.09. The molecule has 100 valence electrons. The van der Waals surface area contributed by atoms with E-state index in [0.717, 1.165) is 17.7 Å². The van der Waals surface area contributed by atoms with Crippen LogP contribution in [0.15, 0.2) is 6.07 Å². The zero-order chi connectivity index (χ0) is 13.0. The number of hydrogen-bond acceptors (Lipinski definition) is 3. The largest absolute Gasteiger partial charge is 0.383 e. The number of amides is 1. The van der Waals surface area contributed by atoms with E-state index in [1.807, 2.05) is 0 Å². The van der Waals surface area contributed by atoms with Gasteiger partial charge in [-0.05, 0) is 37.3 Å². The molecule has 1 N–H and O–H groups in total. The number of methoxy groups -OCH3 is 1. The maximum absolute atomic E-state index is 12.1. The summed E-state index contributed by atoms with van der Waals surface area (Å²) < 4.78 is 5.07. The highest BCUT2D eigenvalue weighted by Gasteiger charge is 2.19. The predicted molar refractivity (Wildman–Crippen MR) is 77.9 cm³/mol. The van der Waals surface area contributed by atoms with Gasteiger partial charge in [-0.25, -0.2) is 0 Å². The van der Waals surface area contributed by atoms with Crippen molar-refractivity contribution in [1.29, 1.82) is 0 Å². The average Bonchev–Trinajstić information content (AvgIpc) is 2.82. The first-order valence-corrected chi connectivity index (χ1v) is 8.15. The van der Waals surface area contributed by atoms with Gasteiger partial charge < -0.3 is 10.1 Å². The van der Waals surface area contributed by atoms with E-state index in [2.05, 4.69) is 27.3 Å². The Labute approximate surface area is 120 Å². The molecule has 18 heavy (non-hydrogen) atoms. The molecule has 0 radical (unpaired) electrons. The average molecular weight is 332 g/mol. The molecule has 0 fully saturated rings. The maximum atomic E-state index is 12.1. The molecule has 1 heterocycles. The third-order valence-electron chi connectivity index (χ3n) is 3.11. The molecule has 3 nitrogen and oxygen atoms in total. The van der Waals surface area contributed by atoms with Gasteiger partial charge in [0.1, 0.15) is 0 Å². The van der Waals surface area contributed by atoms with Crippen molar-refractivity contribution in [3.8, 4) is 0 Å². The van der Waals surface area contributed by atoms with Crippen molar-refractivity contribution in [1.82, 2.24) is 5.32 Å². The Bertz CT molecular complexity index is 396. The van der Waals surface area contributed by atoms with E-state index in [1.165, 1.54) is 23.3 Å². The first kappa shape index (κ1) is 14.0. The van der Waals surface area contributed by atoms with Crippen molar-refractivity contribution in [3.05, 3.63) is 21.4 Å². The van der Waals surface area contributed by atoms with Gasteiger partial charge in [-0.2, -0.15) is 0 Å². The molecule has 5 heteroatoms. The molecule has 0 bridgehead atoms. The molecule has 0 saturated heterocycles. The molecular weight excluding hydrogens is 314 g/mol.